The van der Waals surface area contributed by atoms with Crippen LogP contribution in [0.25, 0.3) is 0 Å². The standard InChI is InChI=1S/C14H23N3O2S/c1-3-15-14-13(9-6-10-16-14)20(18,19)17-12-8-5-4-7-11(12)2/h6,9-12,17H,3-5,7-8H2,1-2H3,(H,15,16). The zero-order chi connectivity index (χ0) is 14.6. The minimum Gasteiger partial charge on any atom is -0.369 e. The molecule has 1 fully saturated rings. The molecule has 112 valence electrons. The summed E-state index contributed by atoms with van der Waals surface area (Å²) >= 11 is 0. The van der Waals surface area contributed by atoms with Crippen molar-refractivity contribution in [3.8, 4) is 0 Å². The van der Waals surface area contributed by atoms with Crippen LogP contribution >= 0.6 is 0 Å². The van der Waals surface area contributed by atoms with Crippen molar-refractivity contribution in [3.63, 3.8) is 0 Å². The number of rotatable bonds is 5. The summed E-state index contributed by atoms with van der Waals surface area (Å²) in [5, 5.41) is 3.00. The van der Waals surface area contributed by atoms with Gasteiger partial charge in [0.05, 0.1) is 0 Å². The van der Waals surface area contributed by atoms with E-state index in [1.54, 1.807) is 18.3 Å². The Morgan fingerprint density at radius 2 is 2.10 bits per heavy atom. The van der Waals surface area contributed by atoms with Gasteiger partial charge in [-0.25, -0.2) is 18.1 Å². The normalized spacial score (nSPS) is 23.5. The van der Waals surface area contributed by atoms with Gasteiger partial charge in [0.15, 0.2) is 0 Å². The molecule has 2 rings (SSSR count). The van der Waals surface area contributed by atoms with Crippen LogP contribution in [0.5, 0.6) is 0 Å². The summed E-state index contributed by atoms with van der Waals surface area (Å²) in [6.07, 6.45) is 5.87. The van der Waals surface area contributed by atoms with Crippen LogP contribution in [0, 0.1) is 5.92 Å². The van der Waals surface area contributed by atoms with Gasteiger partial charge < -0.3 is 5.32 Å². The van der Waals surface area contributed by atoms with Crippen LogP contribution in [0.3, 0.4) is 0 Å². The van der Waals surface area contributed by atoms with Crippen LogP contribution in [0.4, 0.5) is 5.82 Å². The maximum Gasteiger partial charge on any atom is 0.244 e. The van der Waals surface area contributed by atoms with Gasteiger partial charge >= 0.3 is 0 Å². The molecular formula is C14H23N3O2S. The number of aromatic nitrogens is 1. The van der Waals surface area contributed by atoms with E-state index in [1.165, 1.54) is 6.42 Å². The lowest BCUT2D eigenvalue weighted by atomic mass is 9.87. The quantitative estimate of drug-likeness (QED) is 0.875. The Morgan fingerprint density at radius 1 is 1.35 bits per heavy atom. The molecule has 6 heteroatoms. The summed E-state index contributed by atoms with van der Waals surface area (Å²) in [7, 11) is -3.52. The van der Waals surface area contributed by atoms with E-state index in [1.807, 2.05) is 6.92 Å². The monoisotopic (exact) mass is 297 g/mol. The van der Waals surface area contributed by atoms with Gasteiger partial charge in [0.25, 0.3) is 0 Å². The summed E-state index contributed by atoms with van der Waals surface area (Å²) in [5.74, 6) is 0.809. The van der Waals surface area contributed by atoms with Gasteiger partial charge in [-0.2, -0.15) is 0 Å². The lowest BCUT2D eigenvalue weighted by molar-refractivity contribution is 0.310. The average molecular weight is 297 g/mol. The van der Waals surface area contributed by atoms with Crippen LogP contribution in [-0.4, -0.2) is 26.0 Å². The summed E-state index contributed by atoms with van der Waals surface area (Å²) in [4.78, 5) is 4.35. The number of nitrogens with one attached hydrogen (secondary N) is 2. The first-order chi connectivity index (χ1) is 9.54. The highest BCUT2D eigenvalue weighted by Gasteiger charge is 2.28. The molecule has 1 saturated carbocycles. The number of hydrogen-bond acceptors (Lipinski definition) is 4. The van der Waals surface area contributed by atoms with Crippen molar-refractivity contribution >= 4 is 15.8 Å². The van der Waals surface area contributed by atoms with Gasteiger partial charge in [-0.3, -0.25) is 0 Å². The molecule has 0 spiro atoms. The maximum atomic E-state index is 12.6. The number of nitrogens with zero attached hydrogens (tertiary/aromatic N) is 1. The van der Waals surface area contributed by atoms with Crippen molar-refractivity contribution in [1.82, 2.24) is 9.71 Å². The highest BCUT2D eigenvalue weighted by molar-refractivity contribution is 7.89. The molecule has 1 heterocycles. The highest BCUT2D eigenvalue weighted by Crippen LogP contribution is 2.26. The molecule has 2 N–H and O–H groups in total. The Hall–Kier alpha value is -1.14. The molecular weight excluding hydrogens is 274 g/mol. The summed E-state index contributed by atoms with van der Waals surface area (Å²) in [6, 6.07) is 3.28. The third-order valence-electron chi connectivity index (χ3n) is 3.82. The second kappa shape index (κ2) is 6.54. The van der Waals surface area contributed by atoms with Gasteiger partial charge in [0.1, 0.15) is 10.7 Å². The lowest BCUT2D eigenvalue weighted by Crippen LogP contribution is -2.41. The molecule has 1 aromatic heterocycles. The third kappa shape index (κ3) is 3.49. The zero-order valence-corrected chi connectivity index (χ0v) is 12.9. The molecule has 20 heavy (non-hydrogen) atoms. The minimum absolute atomic E-state index is 0.0310. The van der Waals surface area contributed by atoms with E-state index in [0.717, 1.165) is 19.3 Å². The molecule has 0 radical (unpaired) electrons. The van der Waals surface area contributed by atoms with E-state index >= 15 is 0 Å². The SMILES string of the molecule is CCNc1ncccc1S(=O)(=O)NC1CCCCC1C. The molecule has 0 aromatic carbocycles. The van der Waals surface area contributed by atoms with Crippen LogP contribution in [0.15, 0.2) is 23.2 Å². The van der Waals surface area contributed by atoms with Crippen LogP contribution < -0.4 is 10.0 Å². The van der Waals surface area contributed by atoms with Crippen LogP contribution in [0.2, 0.25) is 0 Å². The summed E-state index contributed by atoms with van der Waals surface area (Å²) in [5.41, 5.74) is 0. The van der Waals surface area contributed by atoms with E-state index < -0.39 is 10.0 Å². The van der Waals surface area contributed by atoms with Gasteiger partial charge in [-0.1, -0.05) is 19.8 Å². The molecule has 5 nitrogen and oxygen atoms in total. The number of hydrogen-bond donors (Lipinski definition) is 2. The number of anilines is 1. The molecule has 1 aliphatic carbocycles. The first kappa shape index (κ1) is 15.3. The van der Waals surface area contributed by atoms with Gasteiger partial charge in [0.2, 0.25) is 10.0 Å². The van der Waals surface area contributed by atoms with E-state index in [2.05, 4.69) is 21.9 Å². The maximum absolute atomic E-state index is 12.6. The van der Waals surface area contributed by atoms with Crippen molar-refractivity contribution in [1.29, 1.82) is 0 Å². The smallest absolute Gasteiger partial charge is 0.244 e. The Labute approximate surface area is 121 Å². The van der Waals surface area contributed by atoms with Crippen LogP contribution in [0.1, 0.15) is 39.5 Å². The molecule has 1 aromatic rings. The fourth-order valence-corrected chi connectivity index (χ4v) is 4.17. The number of sulfonamides is 1. The largest absolute Gasteiger partial charge is 0.369 e. The summed E-state index contributed by atoms with van der Waals surface area (Å²) in [6.45, 7) is 4.67. The van der Waals surface area contributed by atoms with Gasteiger partial charge in [-0.15, -0.1) is 0 Å². The van der Waals surface area contributed by atoms with E-state index in [9.17, 15) is 8.42 Å². The Balaban J connectivity index is 2.21. The van der Waals surface area contributed by atoms with E-state index in [0.29, 0.717) is 18.3 Å². The predicted molar refractivity (Wildman–Crippen MR) is 80.1 cm³/mol. The molecule has 0 aliphatic heterocycles. The minimum atomic E-state index is -3.52. The fraction of sp³-hybridized carbons (Fsp3) is 0.643. The Morgan fingerprint density at radius 3 is 2.80 bits per heavy atom. The zero-order valence-electron chi connectivity index (χ0n) is 12.1. The van der Waals surface area contributed by atoms with Crippen molar-refractivity contribution < 1.29 is 8.42 Å². The lowest BCUT2D eigenvalue weighted by Gasteiger charge is -2.29. The van der Waals surface area contributed by atoms with Gasteiger partial charge in [-0.05, 0) is 37.8 Å². The first-order valence-corrected chi connectivity index (χ1v) is 8.74. The van der Waals surface area contributed by atoms with Gasteiger partial charge in [0, 0.05) is 18.8 Å². The summed E-state index contributed by atoms with van der Waals surface area (Å²) < 4.78 is 28.0. The molecule has 0 amide bonds. The second-order valence-electron chi connectivity index (χ2n) is 5.37. The van der Waals surface area contributed by atoms with Crippen molar-refractivity contribution in [2.24, 2.45) is 5.92 Å². The first-order valence-electron chi connectivity index (χ1n) is 7.26. The topological polar surface area (TPSA) is 71.1 Å². The second-order valence-corrected chi connectivity index (χ2v) is 7.05. The van der Waals surface area contributed by atoms with Crippen molar-refractivity contribution in [2.45, 2.75) is 50.5 Å². The Kier molecular flexibility index (Phi) is 4.99. The van der Waals surface area contributed by atoms with Crippen LogP contribution in [-0.2, 0) is 10.0 Å². The highest BCUT2D eigenvalue weighted by atomic mass is 32.2. The van der Waals surface area contributed by atoms with E-state index in [-0.39, 0.29) is 10.9 Å². The average Bonchev–Trinajstić information content (AvgIpc) is 2.42. The number of pyridine rings is 1. The van der Waals surface area contributed by atoms with E-state index in [4.69, 9.17) is 0 Å². The third-order valence-corrected chi connectivity index (χ3v) is 5.34. The fourth-order valence-electron chi connectivity index (χ4n) is 2.66. The molecule has 0 saturated heterocycles. The van der Waals surface area contributed by atoms with Crippen molar-refractivity contribution in [2.75, 3.05) is 11.9 Å². The molecule has 2 unspecified atom stereocenters. The predicted octanol–water partition coefficient (Wildman–Crippen LogP) is 2.37. The molecule has 2 atom stereocenters. The van der Waals surface area contributed by atoms with Crippen molar-refractivity contribution in [3.05, 3.63) is 18.3 Å². The molecule has 0 bridgehead atoms. The molecule has 1 aliphatic rings. The Bertz CT molecular complexity index is 545.